The predicted octanol–water partition coefficient (Wildman–Crippen LogP) is 4.43. The van der Waals surface area contributed by atoms with E-state index < -0.39 is 0 Å². The van der Waals surface area contributed by atoms with Crippen LogP contribution in [0.15, 0.2) is 53.7 Å². The molecule has 0 bridgehead atoms. The molecule has 1 aliphatic heterocycles. The number of hydrogen-bond acceptors (Lipinski definition) is 7. The molecule has 1 saturated heterocycles. The van der Waals surface area contributed by atoms with Gasteiger partial charge in [-0.25, -0.2) is 4.79 Å². The number of rotatable bonds is 9. The van der Waals surface area contributed by atoms with Gasteiger partial charge in [0.15, 0.2) is 11.0 Å². The van der Waals surface area contributed by atoms with Crippen LogP contribution >= 0.6 is 23.4 Å². The summed E-state index contributed by atoms with van der Waals surface area (Å²) in [6.45, 7) is 1.47. The zero-order valence-electron chi connectivity index (χ0n) is 18.4. The molecule has 2 unspecified atom stereocenters. The van der Waals surface area contributed by atoms with Crippen LogP contribution in [0.4, 0.5) is 0 Å². The SMILES string of the molecule is COC(=O)c1ccc(CSc2nnc(C(N)Cc3ccc(Cl)cc3)n2CC2CCCO2)cc1. The molecule has 2 heterocycles. The van der Waals surface area contributed by atoms with Crippen molar-refractivity contribution in [3.8, 4) is 0 Å². The van der Waals surface area contributed by atoms with Gasteiger partial charge in [-0.2, -0.15) is 0 Å². The highest BCUT2D eigenvalue weighted by atomic mass is 35.5. The van der Waals surface area contributed by atoms with Crippen LogP contribution in [0, 0.1) is 0 Å². The first-order valence-electron chi connectivity index (χ1n) is 10.9. The zero-order valence-corrected chi connectivity index (χ0v) is 20.0. The van der Waals surface area contributed by atoms with Crippen molar-refractivity contribution in [3.63, 3.8) is 0 Å². The average Bonchev–Trinajstić information content (AvgIpc) is 3.49. The van der Waals surface area contributed by atoms with Gasteiger partial charge in [0.25, 0.3) is 0 Å². The van der Waals surface area contributed by atoms with Crippen molar-refractivity contribution >= 4 is 29.3 Å². The smallest absolute Gasteiger partial charge is 0.337 e. The molecule has 0 aliphatic carbocycles. The number of thioether (sulfide) groups is 1. The van der Waals surface area contributed by atoms with Gasteiger partial charge < -0.3 is 19.8 Å². The molecular formula is C24H27ClN4O3S. The Morgan fingerprint density at radius 1 is 1.21 bits per heavy atom. The van der Waals surface area contributed by atoms with E-state index in [0.29, 0.717) is 29.3 Å². The number of carbonyl (C=O) groups excluding carboxylic acids is 1. The molecule has 0 saturated carbocycles. The highest BCUT2D eigenvalue weighted by molar-refractivity contribution is 7.98. The van der Waals surface area contributed by atoms with Crippen molar-refractivity contribution in [1.82, 2.24) is 14.8 Å². The Bertz CT molecular complexity index is 1070. The summed E-state index contributed by atoms with van der Waals surface area (Å²) in [7, 11) is 1.38. The van der Waals surface area contributed by atoms with E-state index in [1.807, 2.05) is 36.4 Å². The Kier molecular flexibility index (Phi) is 8.03. The molecule has 1 aromatic heterocycles. The van der Waals surface area contributed by atoms with Crippen molar-refractivity contribution in [2.75, 3.05) is 13.7 Å². The summed E-state index contributed by atoms with van der Waals surface area (Å²) in [6.07, 6.45) is 2.86. The number of nitrogens with two attached hydrogens (primary N) is 1. The number of aromatic nitrogens is 3. The maximum atomic E-state index is 11.6. The summed E-state index contributed by atoms with van der Waals surface area (Å²) in [6, 6.07) is 14.8. The Balaban J connectivity index is 1.49. The lowest BCUT2D eigenvalue weighted by atomic mass is 10.1. The molecule has 33 heavy (non-hydrogen) atoms. The molecule has 2 N–H and O–H groups in total. The van der Waals surface area contributed by atoms with E-state index in [2.05, 4.69) is 14.8 Å². The number of hydrogen-bond donors (Lipinski definition) is 1. The summed E-state index contributed by atoms with van der Waals surface area (Å²) >= 11 is 7.60. The number of benzene rings is 2. The standard InChI is InChI=1S/C24H27ClN4O3S/c1-31-23(30)18-8-4-17(5-9-18)15-33-24-28-27-22(29(24)14-20-3-2-12-32-20)21(26)13-16-6-10-19(25)11-7-16/h4-11,20-21H,2-3,12-15,26H2,1H3. The number of halogens is 1. The van der Waals surface area contributed by atoms with Crippen LogP contribution in [0.25, 0.3) is 0 Å². The summed E-state index contributed by atoms with van der Waals surface area (Å²) < 4.78 is 12.7. The van der Waals surface area contributed by atoms with Gasteiger partial charge >= 0.3 is 5.97 Å². The zero-order chi connectivity index (χ0) is 23.2. The predicted molar refractivity (Wildman–Crippen MR) is 128 cm³/mol. The largest absolute Gasteiger partial charge is 0.465 e. The lowest BCUT2D eigenvalue weighted by Crippen LogP contribution is -2.23. The molecule has 1 aliphatic rings. The van der Waals surface area contributed by atoms with E-state index in [1.54, 1.807) is 23.9 Å². The van der Waals surface area contributed by atoms with Crippen molar-refractivity contribution in [2.45, 2.75) is 48.9 Å². The molecule has 0 spiro atoms. The molecule has 7 nitrogen and oxygen atoms in total. The van der Waals surface area contributed by atoms with Gasteiger partial charge in [0.1, 0.15) is 0 Å². The summed E-state index contributed by atoms with van der Waals surface area (Å²) in [5.41, 5.74) is 9.27. The molecule has 3 aromatic rings. The van der Waals surface area contributed by atoms with E-state index in [9.17, 15) is 4.79 Å². The third-order valence-corrected chi connectivity index (χ3v) is 6.89. The molecule has 0 amide bonds. The van der Waals surface area contributed by atoms with Crippen LogP contribution in [-0.4, -0.2) is 40.6 Å². The van der Waals surface area contributed by atoms with Crippen LogP contribution in [0.5, 0.6) is 0 Å². The summed E-state index contributed by atoms with van der Waals surface area (Å²) in [5, 5.41) is 10.4. The van der Waals surface area contributed by atoms with E-state index in [-0.39, 0.29) is 18.1 Å². The van der Waals surface area contributed by atoms with Crippen LogP contribution in [0.2, 0.25) is 5.02 Å². The second-order valence-corrected chi connectivity index (χ2v) is 9.38. The molecule has 0 radical (unpaired) electrons. The highest BCUT2D eigenvalue weighted by Gasteiger charge is 2.24. The Labute approximate surface area is 202 Å². The molecule has 2 atom stereocenters. The minimum Gasteiger partial charge on any atom is -0.465 e. The lowest BCUT2D eigenvalue weighted by molar-refractivity contribution is 0.0600. The van der Waals surface area contributed by atoms with Crippen molar-refractivity contribution in [1.29, 1.82) is 0 Å². The first kappa shape index (κ1) is 23.8. The second-order valence-electron chi connectivity index (χ2n) is 8.00. The van der Waals surface area contributed by atoms with E-state index in [1.165, 1.54) is 7.11 Å². The van der Waals surface area contributed by atoms with Crippen molar-refractivity contribution in [2.24, 2.45) is 5.73 Å². The first-order valence-corrected chi connectivity index (χ1v) is 12.2. The minimum atomic E-state index is -0.343. The second kappa shape index (κ2) is 11.2. The van der Waals surface area contributed by atoms with Crippen LogP contribution in [0.3, 0.4) is 0 Å². The van der Waals surface area contributed by atoms with E-state index in [4.69, 9.17) is 26.8 Å². The molecule has 174 valence electrons. The number of esters is 1. The van der Waals surface area contributed by atoms with Gasteiger partial charge in [0.05, 0.1) is 31.4 Å². The first-order chi connectivity index (χ1) is 16.0. The average molecular weight is 487 g/mol. The van der Waals surface area contributed by atoms with Gasteiger partial charge in [0, 0.05) is 17.4 Å². The monoisotopic (exact) mass is 486 g/mol. The summed E-state index contributed by atoms with van der Waals surface area (Å²) in [5.74, 6) is 1.10. The van der Waals surface area contributed by atoms with Crippen LogP contribution < -0.4 is 5.73 Å². The number of carbonyl (C=O) groups is 1. The fourth-order valence-corrected chi connectivity index (χ4v) is 4.85. The lowest BCUT2D eigenvalue weighted by Gasteiger charge is -2.18. The van der Waals surface area contributed by atoms with Crippen LogP contribution in [-0.2, 0) is 28.2 Å². The highest BCUT2D eigenvalue weighted by Crippen LogP contribution is 2.27. The number of nitrogens with zero attached hydrogens (tertiary/aromatic N) is 3. The third-order valence-electron chi connectivity index (χ3n) is 5.60. The quantitative estimate of drug-likeness (QED) is 0.353. The molecule has 9 heteroatoms. The maximum absolute atomic E-state index is 11.6. The van der Waals surface area contributed by atoms with E-state index in [0.717, 1.165) is 41.6 Å². The van der Waals surface area contributed by atoms with Crippen LogP contribution in [0.1, 0.15) is 46.2 Å². The molecule has 2 aromatic carbocycles. The molecule has 1 fully saturated rings. The van der Waals surface area contributed by atoms with Crippen molar-refractivity contribution in [3.05, 3.63) is 76.1 Å². The maximum Gasteiger partial charge on any atom is 0.337 e. The van der Waals surface area contributed by atoms with Gasteiger partial charge in [-0.1, -0.05) is 47.6 Å². The summed E-state index contributed by atoms with van der Waals surface area (Å²) in [4.78, 5) is 11.6. The van der Waals surface area contributed by atoms with Gasteiger partial charge in [0.2, 0.25) is 0 Å². The minimum absolute atomic E-state index is 0.140. The van der Waals surface area contributed by atoms with Gasteiger partial charge in [-0.05, 0) is 54.7 Å². The normalized spacial score (nSPS) is 16.6. The Morgan fingerprint density at radius 2 is 1.94 bits per heavy atom. The number of methoxy groups -OCH3 is 1. The topological polar surface area (TPSA) is 92.3 Å². The van der Waals surface area contributed by atoms with Gasteiger partial charge in [-0.3, -0.25) is 0 Å². The van der Waals surface area contributed by atoms with E-state index >= 15 is 0 Å². The fourth-order valence-electron chi connectivity index (χ4n) is 3.81. The molecular weight excluding hydrogens is 460 g/mol. The van der Waals surface area contributed by atoms with Crippen molar-refractivity contribution < 1.29 is 14.3 Å². The third kappa shape index (κ3) is 6.14. The number of ether oxygens (including phenoxy) is 2. The fraction of sp³-hybridized carbons (Fsp3) is 0.375. The molecule has 4 rings (SSSR count). The Morgan fingerprint density at radius 3 is 2.61 bits per heavy atom. The Hall–Kier alpha value is -2.39. The van der Waals surface area contributed by atoms with Gasteiger partial charge in [-0.15, -0.1) is 10.2 Å².